The van der Waals surface area contributed by atoms with Gasteiger partial charge < -0.3 is 15.5 Å². The van der Waals surface area contributed by atoms with E-state index in [1.165, 1.54) is 0 Å². The summed E-state index contributed by atoms with van der Waals surface area (Å²) in [5, 5.41) is 14.0. The number of nitrogens with zero attached hydrogens (tertiary/aromatic N) is 7. The van der Waals surface area contributed by atoms with Crippen molar-refractivity contribution in [1.29, 1.82) is 0 Å². The average molecular weight is 291 g/mol. The first kappa shape index (κ1) is 14.9. The molecule has 0 saturated heterocycles. The molecule has 0 bridgehead atoms. The highest BCUT2D eigenvalue weighted by atomic mass is 15.4. The van der Waals surface area contributed by atoms with Crippen LogP contribution >= 0.6 is 0 Å². The lowest BCUT2D eigenvalue weighted by atomic mass is 10.4. The second-order valence-electron chi connectivity index (χ2n) is 4.65. The Bertz CT molecular complexity index is 538. The summed E-state index contributed by atoms with van der Waals surface area (Å²) in [6.07, 6.45) is 4.42. The molecule has 0 radical (unpaired) electrons. The first-order chi connectivity index (χ1) is 10.2. The van der Waals surface area contributed by atoms with Crippen LogP contribution in [-0.4, -0.2) is 57.1 Å². The third-order valence-corrected chi connectivity index (χ3v) is 2.68. The summed E-state index contributed by atoms with van der Waals surface area (Å²) in [6.45, 7) is 4.33. The Morgan fingerprint density at radius 1 is 1.14 bits per heavy atom. The van der Waals surface area contributed by atoms with Gasteiger partial charge in [-0.15, -0.1) is 5.10 Å². The normalized spacial score (nSPS) is 10.4. The largest absolute Gasteiger partial charge is 0.354 e. The molecule has 2 aromatic rings. The molecule has 0 aliphatic rings. The van der Waals surface area contributed by atoms with Crippen molar-refractivity contribution < 1.29 is 0 Å². The molecule has 2 rings (SSSR count). The molecule has 0 spiro atoms. The van der Waals surface area contributed by atoms with Gasteiger partial charge in [0.1, 0.15) is 0 Å². The van der Waals surface area contributed by atoms with Crippen LogP contribution in [0.4, 0.5) is 17.8 Å². The molecule has 2 N–H and O–H groups in total. The van der Waals surface area contributed by atoms with Crippen LogP contribution in [0.1, 0.15) is 13.3 Å². The summed E-state index contributed by atoms with van der Waals surface area (Å²) in [7, 11) is 3.80. The molecule has 0 unspecified atom stereocenters. The average Bonchev–Trinajstić information content (AvgIpc) is 2.97. The van der Waals surface area contributed by atoms with E-state index in [-0.39, 0.29) is 0 Å². The third kappa shape index (κ3) is 4.55. The van der Waals surface area contributed by atoms with Gasteiger partial charge in [-0.05, 0) is 13.3 Å². The summed E-state index contributed by atoms with van der Waals surface area (Å²) in [6, 6.07) is 0. The standard InChI is InChI=1S/C12H21N9/c1-4-13-10-16-11(18-12(17-10)20(2)3)14-6-5-8-21-9-7-15-19-21/h7,9H,4-6,8H2,1-3H3,(H2,13,14,16,17,18). The summed E-state index contributed by atoms with van der Waals surface area (Å²) < 4.78 is 1.80. The van der Waals surface area contributed by atoms with E-state index in [9.17, 15) is 0 Å². The minimum Gasteiger partial charge on any atom is -0.354 e. The molecule has 9 heteroatoms. The van der Waals surface area contributed by atoms with Gasteiger partial charge in [-0.3, -0.25) is 4.68 Å². The monoisotopic (exact) mass is 291 g/mol. The number of nitrogens with one attached hydrogen (secondary N) is 2. The Hall–Kier alpha value is -2.45. The minimum atomic E-state index is 0.572. The van der Waals surface area contributed by atoms with E-state index in [4.69, 9.17) is 0 Å². The molecule has 9 nitrogen and oxygen atoms in total. The Kier molecular flexibility index (Phi) is 5.24. The Labute approximate surface area is 123 Å². The van der Waals surface area contributed by atoms with Gasteiger partial charge in [-0.1, -0.05) is 5.21 Å². The summed E-state index contributed by atoms with van der Waals surface area (Å²) in [5.74, 6) is 1.78. The molecule has 0 fully saturated rings. The Morgan fingerprint density at radius 2 is 1.90 bits per heavy atom. The number of aromatic nitrogens is 6. The fraction of sp³-hybridized carbons (Fsp3) is 0.583. The van der Waals surface area contributed by atoms with E-state index in [1.807, 2.05) is 32.1 Å². The zero-order valence-corrected chi connectivity index (χ0v) is 12.6. The summed E-state index contributed by atoms with van der Waals surface area (Å²) in [4.78, 5) is 14.9. The van der Waals surface area contributed by atoms with Crippen LogP contribution in [0.3, 0.4) is 0 Å². The second kappa shape index (κ2) is 7.36. The lowest BCUT2D eigenvalue weighted by Crippen LogP contribution is -2.17. The van der Waals surface area contributed by atoms with Crippen molar-refractivity contribution in [2.24, 2.45) is 0 Å². The van der Waals surface area contributed by atoms with E-state index in [0.29, 0.717) is 17.8 Å². The molecule has 0 aliphatic carbocycles. The molecule has 0 amide bonds. The van der Waals surface area contributed by atoms with Crippen molar-refractivity contribution >= 4 is 17.8 Å². The van der Waals surface area contributed by atoms with Crippen LogP contribution in [0.5, 0.6) is 0 Å². The van der Waals surface area contributed by atoms with Crippen LogP contribution in [0, 0.1) is 0 Å². The molecule has 0 aromatic carbocycles. The van der Waals surface area contributed by atoms with Gasteiger partial charge in [-0.25, -0.2) is 0 Å². The van der Waals surface area contributed by atoms with Crippen LogP contribution in [0.25, 0.3) is 0 Å². The van der Waals surface area contributed by atoms with Gasteiger partial charge in [-0.2, -0.15) is 15.0 Å². The van der Waals surface area contributed by atoms with E-state index in [0.717, 1.165) is 26.1 Å². The van der Waals surface area contributed by atoms with Gasteiger partial charge in [0.15, 0.2) is 0 Å². The third-order valence-electron chi connectivity index (χ3n) is 2.68. The highest BCUT2D eigenvalue weighted by Crippen LogP contribution is 2.11. The highest BCUT2D eigenvalue weighted by Gasteiger charge is 2.07. The van der Waals surface area contributed by atoms with Gasteiger partial charge in [0.2, 0.25) is 17.8 Å². The Balaban J connectivity index is 1.91. The van der Waals surface area contributed by atoms with Crippen molar-refractivity contribution in [2.45, 2.75) is 19.9 Å². The van der Waals surface area contributed by atoms with Crippen LogP contribution in [-0.2, 0) is 6.54 Å². The van der Waals surface area contributed by atoms with E-state index in [2.05, 4.69) is 35.9 Å². The second-order valence-corrected chi connectivity index (χ2v) is 4.65. The molecular formula is C12H21N9. The number of hydrogen-bond acceptors (Lipinski definition) is 8. The smallest absolute Gasteiger partial charge is 0.231 e. The predicted octanol–water partition coefficient (Wildman–Crippen LogP) is 0.463. The molecule has 114 valence electrons. The Morgan fingerprint density at radius 3 is 2.52 bits per heavy atom. The maximum absolute atomic E-state index is 4.37. The van der Waals surface area contributed by atoms with Crippen molar-refractivity contribution in [3.05, 3.63) is 12.4 Å². The van der Waals surface area contributed by atoms with Crippen molar-refractivity contribution in [1.82, 2.24) is 29.9 Å². The van der Waals surface area contributed by atoms with Crippen molar-refractivity contribution in [3.63, 3.8) is 0 Å². The lowest BCUT2D eigenvalue weighted by Gasteiger charge is -2.13. The van der Waals surface area contributed by atoms with Crippen molar-refractivity contribution in [2.75, 3.05) is 42.7 Å². The molecule has 21 heavy (non-hydrogen) atoms. The quantitative estimate of drug-likeness (QED) is 0.677. The van der Waals surface area contributed by atoms with Crippen molar-refractivity contribution in [3.8, 4) is 0 Å². The topological polar surface area (TPSA) is 96.7 Å². The van der Waals surface area contributed by atoms with E-state index < -0.39 is 0 Å². The molecular weight excluding hydrogens is 270 g/mol. The SMILES string of the molecule is CCNc1nc(NCCCn2ccnn2)nc(N(C)C)n1. The summed E-state index contributed by atoms with van der Waals surface area (Å²) >= 11 is 0. The fourth-order valence-corrected chi connectivity index (χ4v) is 1.67. The van der Waals surface area contributed by atoms with Crippen LogP contribution in [0.2, 0.25) is 0 Å². The lowest BCUT2D eigenvalue weighted by molar-refractivity contribution is 0.569. The fourth-order valence-electron chi connectivity index (χ4n) is 1.67. The van der Waals surface area contributed by atoms with Gasteiger partial charge in [0.25, 0.3) is 0 Å². The number of anilines is 3. The van der Waals surface area contributed by atoms with Gasteiger partial charge >= 0.3 is 0 Å². The number of rotatable bonds is 8. The number of hydrogen-bond donors (Lipinski definition) is 2. The zero-order valence-electron chi connectivity index (χ0n) is 12.6. The van der Waals surface area contributed by atoms with Gasteiger partial charge in [0.05, 0.1) is 6.20 Å². The highest BCUT2D eigenvalue weighted by molar-refractivity contribution is 5.42. The van der Waals surface area contributed by atoms with E-state index >= 15 is 0 Å². The van der Waals surface area contributed by atoms with E-state index in [1.54, 1.807) is 10.9 Å². The van der Waals surface area contributed by atoms with Gasteiger partial charge in [0, 0.05) is 39.9 Å². The summed E-state index contributed by atoms with van der Waals surface area (Å²) in [5.41, 5.74) is 0. The van der Waals surface area contributed by atoms with Crippen LogP contribution < -0.4 is 15.5 Å². The number of aryl methyl sites for hydroxylation is 1. The molecule has 0 saturated carbocycles. The molecule has 0 atom stereocenters. The molecule has 2 aromatic heterocycles. The first-order valence-corrected chi connectivity index (χ1v) is 6.94. The first-order valence-electron chi connectivity index (χ1n) is 6.94. The molecule has 0 aliphatic heterocycles. The zero-order chi connectivity index (χ0) is 15.1. The van der Waals surface area contributed by atoms with Crippen LogP contribution in [0.15, 0.2) is 12.4 Å². The maximum atomic E-state index is 4.37. The predicted molar refractivity (Wildman–Crippen MR) is 81.4 cm³/mol. The molecule has 2 heterocycles. The minimum absolute atomic E-state index is 0.572. The maximum Gasteiger partial charge on any atom is 0.231 e.